The Hall–Kier alpha value is -3.15. The zero-order valence-corrected chi connectivity index (χ0v) is 16.4. The summed E-state index contributed by atoms with van der Waals surface area (Å²) >= 11 is 0. The maximum atomic E-state index is 12.1. The van der Waals surface area contributed by atoms with E-state index < -0.39 is 30.5 Å². The first kappa shape index (κ1) is 21.2. The van der Waals surface area contributed by atoms with Gasteiger partial charge in [-0.2, -0.15) is 0 Å². The number of benzene rings is 2. The van der Waals surface area contributed by atoms with Crippen LogP contribution in [0.3, 0.4) is 0 Å². The number of carbonyl (C=O) groups excluding carboxylic acids is 3. The maximum absolute atomic E-state index is 12.1. The fourth-order valence-corrected chi connectivity index (χ4v) is 2.70. The van der Waals surface area contributed by atoms with E-state index in [1.807, 2.05) is 62.4 Å². The van der Waals surface area contributed by atoms with Crippen molar-refractivity contribution >= 4 is 17.8 Å². The van der Waals surface area contributed by atoms with Crippen LogP contribution in [0.1, 0.15) is 22.3 Å². The van der Waals surface area contributed by atoms with Crippen molar-refractivity contribution in [3.05, 3.63) is 70.8 Å². The van der Waals surface area contributed by atoms with Gasteiger partial charge in [-0.05, 0) is 36.1 Å². The van der Waals surface area contributed by atoms with Crippen molar-refractivity contribution < 1.29 is 23.9 Å². The Bertz CT molecular complexity index is 832. The third-order valence-electron chi connectivity index (χ3n) is 4.39. The van der Waals surface area contributed by atoms with Gasteiger partial charge in [0.25, 0.3) is 5.91 Å². The standard InChI is InChI=1S/C22H25NO5/c1-15-9-10-18(11-16(15)2)13-21(25)28-14-20(24)23-19(22(26)27-3)12-17-7-5-4-6-8-17/h4-11,19H,12-14H2,1-3H3,(H,23,24)/t19-/m0/s1. The Labute approximate surface area is 164 Å². The van der Waals surface area contributed by atoms with Crippen LogP contribution in [0, 0.1) is 13.8 Å². The summed E-state index contributed by atoms with van der Waals surface area (Å²) in [6, 6.07) is 14.1. The quantitative estimate of drug-likeness (QED) is 0.708. The van der Waals surface area contributed by atoms with E-state index in [1.165, 1.54) is 7.11 Å². The van der Waals surface area contributed by atoms with Crippen molar-refractivity contribution in [1.82, 2.24) is 5.32 Å². The molecule has 2 aromatic rings. The van der Waals surface area contributed by atoms with Gasteiger partial charge in [0.1, 0.15) is 6.04 Å². The number of rotatable bonds is 8. The second kappa shape index (κ2) is 10.3. The van der Waals surface area contributed by atoms with Gasteiger partial charge in [-0.15, -0.1) is 0 Å². The molecule has 148 valence electrons. The number of amides is 1. The number of nitrogens with one attached hydrogen (secondary N) is 1. The molecule has 0 spiro atoms. The van der Waals surface area contributed by atoms with E-state index in [9.17, 15) is 14.4 Å². The molecule has 1 atom stereocenters. The highest BCUT2D eigenvalue weighted by molar-refractivity contribution is 5.86. The van der Waals surface area contributed by atoms with Crippen LogP contribution in [0.5, 0.6) is 0 Å². The molecule has 28 heavy (non-hydrogen) atoms. The first-order chi connectivity index (χ1) is 13.4. The van der Waals surface area contributed by atoms with Gasteiger partial charge in [-0.1, -0.05) is 48.5 Å². The summed E-state index contributed by atoms with van der Waals surface area (Å²) in [4.78, 5) is 36.1. The summed E-state index contributed by atoms with van der Waals surface area (Å²) in [5.41, 5.74) is 3.93. The summed E-state index contributed by atoms with van der Waals surface area (Å²) in [6.07, 6.45) is 0.370. The number of aryl methyl sites for hydroxylation is 2. The average Bonchev–Trinajstić information content (AvgIpc) is 2.69. The predicted octanol–water partition coefficient (Wildman–Crippen LogP) is 2.29. The largest absolute Gasteiger partial charge is 0.467 e. The lowest BCUT2D eigenvalue weighted by Gasteiger charge is -2.16. The lowest BCUT2D eigenvalue weighted by atomic mass is 10.0. The molecule has 0 radical (unpaired) electrons. The molecule has 6 heteroatoms. The summed E-state index contributed by atoms with van der Waals surface area (Å²) in [5.74, 6) is -1.62. The molecular weight excluding hydrogens is 358 g/mol. The van der Waals surface area contributed by atoms with Crippen LogP contribution in [0.2, 0.25) is 0 Å². The van der Waals surface area contributed by atoms with Crippen LogP contribution in [0.15, 0.2) is 48.5 Å². The van der Waals surface area contributed by atoms with E-state index in [0.717, 1.165) is 22.3 Å². The summed E-state index contributed by atoms with van der Waals surface area (Å²) < 4.78 is 9.79. The Morgan fingerprint density at radius 3 is 2.32 bits per heavy atom. The summed E-state index contributed by atoms with van der Waals surface area (Å²) in [7, 11) is 1.26. The van der Waals surface area contributed by atoms with E-state index in [0.29, 0.717) is 0 Å². The van der Waals surface area contributed by atoms with E-state index in [1.54, 1.807) is 0 Å². The van der Waals surface area contributed by atoms with Gasteiger partial charge in [0.2, 0.25) is 0 Å². The van der Waals surface area contributed by atoms with E-state index >= 15 is 0 Å². The van der Waals surface area contributed by atoms with E-state index in [2.05, 4.69) is 5.32 Å². The van der Waals surface area contributed by atoms with Crippen LogP contribution in [-0.2, 0) is 36.7 Å². The number of carbonyl (C=O) groups is 3. The SMILES string of the molecule is COC(=O)[C@H](Cc1ccccc1)NC(=O)COC(=O)Cc1ccc(C)c(C)c1. The van der Waals surface area contributed by atoms with Gasteiger partial charge >= 0.3 is 11.9 Å². The molecule has 0 aliphatic rings. The summed E-state index contributed by atoms with van der Waals surface area (Å²) in [6.45, 7) is 3.51. The molecule has 2 aromatic carbocycles. The fraction of sp³-hybridized carbons (Fsp3) is 0.318. The number of hydrogen-bond donors (Lipinski definition) is 1. The second-order valence-electron chi connectivity index (χ2n) is 6.59. The van der Waals surface area contributed by atoms with Crippen molar-refractivity contribution in [1.29, 1.82) is 0 Å². The molecular formula is C22H25NO5. The van der Waals surface area contributed by atoms with Gasteiger partial charge in [0.15, 0.2) is 6.61 Å². The normalized spacial score (nSPS) is 11.4. The average molecular weight is 383 g/mol. The molecule has 0 saturated heterocycles. The highest BCUT2D eigenvalue weighted by Gasteiger charge is 2.22. The monoisotopic (exact) mass is 383 g/mol. The lowest BCUT2D eigenvalue weighted by molar-refractivity contribution is -0.149. The smallest absolute Gasteiger partial charge is 0.328 e. The first-order valence-electron chi connectivity index (χ1n) is 9.02. The molecule has 0 unspecified atom stereocenters. The predicted molar refractivity (Wildman–Crippen MR) is 105 cm³/mol. The second-order valence-corrected chi connectivity index (χ2v) is 6.59. The Balaban J connectivity index is 1.86. The molecule has 0 heterocycles. The molecule has 0 aliphatic carbocycles. The van der Waals surface area contributed by atoms with Crippen molar-refractivity contribution in [3.63, 3.8) is 0 Å². The molecule has 0 aromatic heterocycles. The number of methoxy groups -OCH3 is 1. The van der Waals surface area contributed by atoms with E-state index in [4.69, 9.17) is 9.47 Å². The third kappa shape index (κ3) is 6.54. The molecule has 2 rings (SSSR count). The van der Waals surface area contributed by atoms with Gasteiger partial charge in [-0.3, -0.25) is 9.59 Å². The van der Waals surface area contributed by atoms with Crippen LogP contribution in [0.4, 0.5) is 0 Å². The highest BCUT2D eigenvalue weighted by atomic mass is 16.5. The van der Waals surface area contributed by atoms with Gasteiger partial charge < -0.3 is 14.8 Å². The Kier molecular flexibility index (Phi) is 7.75. The van der Waals surface area contributed by atoms with Gasteiger partial charge in [0.05, 0.1) is 13.5 Å². The minimum absolute atomic E-state index is 0.0822. The van der Waals surface area contributed by atoms with Crippen LogP contribution < -0.4 is 5.32 Å². The molecule has 0 saturated carbocycles. The lowest BCUT2D eigenvalue weighted by Crippen LogP contribution is -2.44. The van der Waals surface area contributed by atoms with Gasteiger partial charge in [-0.25, -0.2) is 4.79 Å². The minimum Gasteiger partial charge on any atom is -0.467 e. The summed E-state index contributed by atoms with van der Waals surface area (Å²) in [5, 5.41) is 2.56. The maximum Gasteiger partial charge on any atom is 0.328 e. The highest BCUT2D eigenvalue weighted by Crippen LogP contribution is 2.11. The van der Waals surface area contributed by atoms with Crippen molar-refractivity contribution in [3.8, 4) is 0 Å². The Morgan fingerprint density at radius 2 is 1.68 bits per heavy atom. The van der Waals surface area contributed by atoms with Crippen LogP contribution >= 0.6 is 0 Å². The fourth-order valence-electron chi connectivity index (χ4n) is 2.70. The zero-order chi connectivity index (χ0) is 20.5. The zero-order valence-electron chi connectivity index (χ0n) is 16.4. The Morgan fingerprint density at radius 1 is 0.964 bits per heavy atom. The van der Waals surface area contributed by atoms with E-state index in [-0.39, 0.29) is 12.8 Å². The van der Waals surface area contributed by atoms with Crippen molar-refractivity contribution in [2.24, 2.45) is 0 Å². The molecule has 6 nitrogen and oxygen atoms in total. The van der Waals surface area contributed by atoms with Gasteiger partial charge in [0, 0.05) is 6.42 Å². The topological polar surface area (TPSA) is 81.7 Å². The minimum atomic E-state index is -0.849. The number of hydrogen-bond acceptors (Lipinski definition) is 5. The molecule has 0 fully saturated rings. The number of ether oxygens (including phenoxy) is 2. The van der Waals surface area contributed by atoms with Crippen LogP contribution in [0.25, 0.3) is 0 Å². The third-order valence-corrected chi connectivity index (χ3v) is 4.39. The molecule has 0 aliphatic heterocycles. The van der Waals surface area contributed by atoms with Crippen LogP contribution in [-0.4, -0.2) is 37.6 Å². The first-order valence-corrected chi connectivity index (χ1v) is 9.02. The van der Waals surface area contributed by atoms with Crippen molar-refractivity contribution in [2.75, 3.05) is 13.7 Å². The molecule has 1 amide bonds. The molecule has 0 bridgehead atoms. The van der Waals surface area contributed by atoms with Crippen molar-refractivity contribution in [2.45, 2.75) is 32.7 Å². The molecule has 1 N–H and O–H groups in total. The number of esters is 2.